The Morgan fingerprint density at radius 2 is 1.73 bits per heavy atom. The summed E-state index contributed by atoms with van der Waals surface area (Å²) in [5.41, 5.74) is 3.52. The molecule has 0 unspecified atom stereocenters. The van der Waals surface area contributed by atoms with Crippen molar-refractivity contribution in [2.75, 3.05) is 56.6 Å². The van der Waals surface area contributed by atoms with Gasteiger partial charge in [0.05, 0.1) is 18.8 Å². The van der Waals surface area contributed by atoms with Crippen molar-refractivity contribution in [3.63, 3.8) is 0 Å². The number of pyridine rings is 1. The number of nitriles is 1. The van der Waals surface area contributed by atoms with Gasteiger partial charge in [0, 0.05) is 38.5 Å². The van der Waals surface area contributed by atoms with Crippen molar-refractivity contribution < 1.29 is 4.74 Å². The van der Waals surface area contributed by atoms with Gasteiger partial charge < -0.3 is 9.64 Å². The Morgan fingerprint density at radius 3 is 2.46 bits per heavy atom. The molecule has 0 aromatic carbocycles. The first-order chi connectivity index (χ1) is 12.9. The van der Waals surface area contributed by atoms with Gasteiger partial charge in [0.2, 0.25) is 0 Å². The van der Waals surface area contributed by atoms with Gasteiger partial charge in [0.25, 0.3) is 0 Å². The van der Waals surface area contributed by atoms with Crippen LogP contribution >= 0.6 is 11.8 Å². The first-order valence-corrected chi connectivity index (χ1v) is 11.0. The molecule has 1 aromatic heterocycles. The highest BCUT2D eigenvalue weighted by Crippen LogP contribution is 2.37. The Balaban J connectivity index is 1.56. The van der Waals surface area contributed by atoms with Gasteiger partial charge in [-0.05, 0) is 49.7 Å². The summed E-state index contributed by atoms with van der Waals surface area (Å²) in [6, 6.07) is 2.49. The molecule has 0 saturated carbocycles. The number of rotatable bonds is 5. The maximum Gasteiger partial charge on any atom is 0.133 e. The highest BCUT2D eigenvalue weighted by Gasteiger charge is 2.26. The van der Waals surface area contributed by atoms with E-state index in [2.05, 4.69) is 15.9 Å². The van der Waals surface area contributed by atoms with Crippen molar-refractivity contribution in [3.8, 4) is 6.07 Å². The SMILES string of the molecule is N#Cc1c(SCCN2CCOCC2)nc(N2CCCC2)c2c1CCCC2. The first kappa shape index (κ1) is 18.1. The Morgan fingerprint density at radius 1 is 1.00 bits per heavy atom. The van der Waals surface area contributed by atoms with Gasteiger partial charge in [-0.2, -0.15) is 5.26 Å². The molecule has 3 aliphatic rings. The molecule has 0 spiro atoms. The van der Waals surface area contributed by atoms with Crippen LogP contribution in [0.5, 0.6) is 0 Å². The Hall–Kier alpha value is -1.29. The summed E-state index contributed by atoms with van der Waals surface area (Å²) in [5.74, 6) is 2.17. The van der Waals surface area contributed by atoms with E-state index >= 15 is 0 Å². The average molecular weight is 373 g/mol. The van der Waals surface area contributed by atoms with E-state index in [9.17, 15) is 5.26 Å². The van der Waals surface area contributed by atoms with Crippen LogP contribution in [0, 0.1) is 11.3 Å². The zero-order chi connectivity index (χ0) is 17.8. The van der Waals surface area contributed by atoms with Crippen LogP contribution in [-0.2, 0) is 17.6 Å². The monoisotopic (exact) mass is 372 g/mol. The number of aromatic nitrogens is 1. The number of hydrogen-bond donors (Lipinski definition) is 0. The van der Waals surface area contributed by atoms with E-state index in [4.69, 9.17) is 9.72 Å². The van der Waals surface area contributed by atoms with E-state index in [0.717, 1.165) is 75.1 Å². The molecule has 26 heavy (non-hydrogen) atoms. The lowest BCUT2D eigenvalue weighted by molar-refractivity contribution is 0.0410. The predicted octanol–water partition coefficient (Wildman–Crippen LogP) is 2.86. The smallest absolute Gasteiger partial charge is 0.133 e. The Kier molecular flexibility index (Phi) is 5.98. The van der Waals surface area contributed by atoms with E-state index in [1.54, 1.807) is 11.8 Å². The van der Waals surface area contributed by atoms with E-state index in [1.807, 2.05) is 0 Å². The molecule has 4 rings (SSSR count). The first-order valence-electron chi connectivity index (χ1n) is 10.0. The van der Waals surface area contributed by atoms with E-state index in [-0.39, 0.29) is 0 Å². The number of morpholine rings is 1. The molecule has 140 valence electrons. The molecule has 3 heterocycles. The standard InChI is InChI=1S/C20H28N4OS/c21-15-18-16-5-1-2-6-17(16)19(24-7-3-4-8-24)22-20(18)26-14-11-23-9-12-25-13-10-23/h1-14H2. The van der Waals surface area contributed by atoms with Crippen LogP contribution in [0.1, 0.15) is 42.4 Å². The summed E-state index contributed by atoms with van der Waals surface area (Å²) in [7, 11) is 0. The summed E-state index contributed by atoms with van der Waals surface area (Å²) < 4.78 is 5.43. The van der Waals surface area contributed by atoms with Crippen LogP contribution in [0.3, 0.4) is 0 Å². The zero-order valence-corrected chi connectivity index (χ0v) is 16.3. The number of ether oxygens (including phenoxy) is 1. The van der Waals surface area contributed by atoms with Gasteiger partial charge in [-0.25, -0.2) is 4.98 Å². The molecule has 1 aliphatic carbocycles. The third-order valence-corrected chi connectivity index (χ3v) is 6.68. The third kappa shape index (κ3) is 3.85. The molecule has 0 atom stereocenters. The lowest BCUT2D eigenvalue weighted by atomic mass is 9.89. The number of fused-ring (bicyclic) bond motifs is 1. The number of thioether (sulfide) groups is 1. The fourth-order valence-electron chi connectivity index (χ4n) is 4.28. The van der Waals surface area contributed by atoms with Crippen molar-refractivity contribution in [2.45, 2.75) is 43.6 Å². The molecule has 0 bridgehead atoms. The predicted molar refractivity (Wildman–Crippen MR) is 105 cm³/mol. The highest BCUT2D eigenvalue weighted by molar-refractivity contribution is 7.99. The minimum atomic E-state index is 0.838. The molecule has 0 N–H and O–H groups in total. The second-order valence-corrected chi connectivity index (χ2v) is 8.47. The number of anilines is 1. The van der Waals surface area contributed by atoms with E-state index in [1.165, 1.54) is 42.6 Å². The van der Waals surface area contributed by atoms with Gasteiger partial charge in [0.15, 0.2) is 0 Å². The Labute approximate surface area is 160 Å². The minimum Gasteiger partial charge on any atom is -0.379 e. The van der Waals surface area contributed by atoms with Crippen molar-refractivity contribution >= 4 is 17.6 Å². The van der Waals surface area contributed by atoms with Crippen LogP contribution in [0.25, 0.3) is 0 Å². The lowest BCUT2D eigenvalue weighted by Gasteiger charge is -2.28. The molecule has 1 aromatic rings. The molecule has 2 saturated heterocycles. The quantitative estimate of drug-likeness (QED) is 0.741. The minimum absolute atomic E-state index is 0.838. The Bertz CT molecular complexity index is 675. The molecular formula is C20H28N4OS. The summed E-state index contributed by atoms with van der Waals surface area (Å²) in [6.07, 6.45) is 7.07. The summed E-state index contributed by atoms with van der Waals surface area (Å²) in [4.78, 5) is 9.95. The molecular weight excluding hydrogens is 344 g/mol. The van der Waals surface area contributed by atoms with Crippen LogP contribution in [0.15, 0.2) is 5.03 Å². The number of hydrogen-bond acceptors (Lipinski definition) is 6. The maximum absolute atomic E-state index is 9.83. The fourth-order valence-corrected chi connectivity index (χ4v) is 5.29. The summed E-state index contributed by atoms with van der Waals surface area (Å²) in [5, 5.41) is 10.8. The fraction of sp³-hybridized carbons (Fsp3) is 0.700. The van der Waals surface area contributed by atoms with Gasteiger partial charge >= 0.3 is 0 Å². The normalized spacial score (nSPS) is 20.8. The van der Waals surface area contributed by atoms with Gasteiger partial charge in [-0.15, -0.1) is 11.8 Å². The van der Waals surface area contributed by atoms with Gasteiger partial charge in [0.1, 0.15) is 16.9 Å². The van der Waals surface area contributed by atoms with Gasteiger partial charge in [-0.3, -0.25) is 4.90 Å². The van der Waals surface area contributed by atoms with E-state index < -0.39 is 0 Å². The summed E-state index contributed by atoms with van der Waals surface area (Å²) in [6.45, 7) is 6.97. The second kappa shape index (κ2) is 8.60. The summed E-state index contributed by atoms with van der Waals surface area (Å²) >= 11 is 1.77. The largest absolute Gasteiger partial charge is 0.379 e. The highest BCUT2D eigenvalue weighted by atomic mass is 32.2. The molecule has 0 amide bonds. The molecule has 5 nitrogen and oxygen atoms in total. The molecule has 0 radical (unpaired) electrons. The van der Waals surface area contributed by atoms with Crippen molar-refractivity contribution in [3.05, 3.63) is 16.7 Å². The van der Waals surface area contributed by atoms with Crippen molar-refractivity contribution in [1.82, 2.24) is 9.88 Å². The zero-order valence-electron chi connectivity index (χ0n) is 15.5. The number of nitrogens with zero attached hydrogens (tertiary/aromatic N) is 4. The third-order valence-electron chi connectivity index (χ3n) is 5.73. The van der Waals surface area contributed by atoms with Crippen LogP contribution in [-0.4, -0.2) is 61.6 Å². The average Bonchev–Trinajstić information content (AvgIpc) is 3.23. The van der Waals surface area contributed by atoms with Gasteiger partial charge in [-0.1, -0.05) is 0 Å². The lowest BCUT2D eigenvalue weighted by Crippen LogP contribution is -2.37. The second-order valence-electron chi connectivity index (χ2n) is 7.39. The van der Waals surface area contributed by atoms with Crippen LogP contribution < -0.4 is 4.90 Å². The van der Waals surface area contributed by atoms with Crippen LogP contribution in [0.4, 0.5) is 5.82 Å². The maximum atomic E-state index is 9.83. The molecule has 6 heteroatoms. The van der Waals surface area contributed by atoms with E-state index in [0.29, 0.717) is 0 Å². The van der Waals surface area contributed by atoms with Crippen LogP contribution in [0.2, 0.25) is 0 Å². The molecule has 2 fully saturated rings. The van der Waals surface area contributed by atoms with Crippen molar-refractivity contribution in [1.29, 1.82) is 5.26 Å². The molecule has 2 aliphatic heterocycles. The van der Waals surface area contributed by atoms with Crippen molar-refractivity contribution in [2.24, 2.45) is 0 Å². The topological polar surface area (TPSA) is 52.4 Å².